The molecule has 1 aromatic carbocycles. The standard InChI is InChI=1S/C11H9FO2/c1-2-9(11(13)14)6-8-4-3-5-10(12)7-8/h3-5,7H,1,6H2,(H,13,14). The lowest BCUT2D eigenvalue weighted by molar-refractivity contribution is -0.132. The molecule has 0 spiro atoms. The van der Waals surface area contributed by atoms with Gasteiger partial charge in [0.15, 0.2) is 0 Å². The minimum Gasteiger partial charge on any atom is -0.477 e. The molecule has 0 saturated carbocycles. The minimum atomic E-state index is -1.08. The van der Waals surface area contributed by atoms with Crippen LogP contribution in [0.2, 0.25) is 0 Å². The van der Waals surface area contributed by atoms with Crippen molar-refractivity contribution in [3.63, 3.8) is 0 Å². The third-order valence-electron chi connectivity index (χ3n) is 1.74. The van der Waals surface area contributed by atoms with Crippen LogP contribution >= 0.6 is 0 Å². The van der Waals surface area contributed by atoms with E-state index >= 15 is 0 Å². The lowest BCUT2D eigenvalue weighted by Crippen LogP contribution is -2.02. The van der Waals surface area contributed by atoms with Gasteiger partial charge in [-0.05, 0) is 17.7 Å². The highest BCUT2D eigenvalue weighted by molar-refractivity contribution is 5.86. The fourth-order valence-corrected chi connectivity index (χ4v) is 1.06. The number of carboxylic acid groups (broad SMARTS) is 1. The summed E-state index contributed by atoms with van der Waals surface area (Å²) < 4.78 is 12.7. The Labute approximate surface area is 81.0 Å². The third kappa shape index (κ3) is 2.57. The van der Waals surface area contributed by atoms with Gasteiger partial charge in [-0.15, -0.1) is 5.73 Å². The first kappa shape index (κ1) is 10.2. The molecule has 0 amide bonds. The van der Waals surface area contributed by atoms with E-state index in [0.717, 1.165) is 0 Å². The Hall–Kier alpha value is -1.86. The molecule has 0 aromatic heterocycles. The highest BCUT2D eigenvalue weighted by Gasteiger charge is 2.07. The van der Waals surface area contributed by atoms with Crippen molar-refractivity contribution >= 4 is 5.97 Å². The van der Waals surface area contributed by atoms with Gasteiger partial charge < -0.3 is 5.11 Å². The highest BCUT2D eigenvalue weighted by atomic mass is 19.1. The van der Waals surface area contributed by atoms with Gasteiger partial charge >= 0.3 is 5.97 Å². The maximum atomic E-state index is 12.7. The van der Waals surface area contributed by atoms with Gasteiger partial charge in [0.05, 0.1) is 5.57 Å². The summed E-state index contributed by atoms with van der Waals surface area (Å²) in [6.45, 7) is 3.26. The van der Waals surface area contributed by atoms with E-state index in [1.807, 2.05) is 0 Å². The van der Waals surface area contributed by atoms with Gasteiger partial charge in [0.1, 0.15) is 5.82 Å². The number of carbonyl (C=O) groups is 1. The van der Waals surface area contributed by atoms with Gasteiger partial charge in [0.2, 0.25) is 0 Å². The average Bonchev–Trinajstić information content (AvgIpc) is 2.14. The van der Waals surface area contributed by atoms with E-state index in [2.05, 4.69) is 12.3 Å². The van der Waals surface area contributed by atoms with Crippen molar-refractivity contribution in [2.24, 2.45) is 0 Å². The Morgan fingerprint density at radius 3 is 2.79 bits per heavy atom. The zero-order chi connectivity index (χ0) is 10.6. The Balaban J connectivity index is 2.88. The van der Waals surface area contributed by atoms with E-state index in [0.29, 0.717) is 5.56 Å². The van der Waals surface area contributed by atoms with E-state index in [9.17, 15) is 9.18 Å². The molecule has 3 heteroatoms. The first-order valence-electron chi connectivity index (χ1n) is 4.00. The molecule has 0 aliphatic rings. The van der Waals surface area contributed by atoms with Crippen molar-refractivity contribution < 1.29 is 14.3 Å². The molecule has 0 heterocycles. The second-order valence-electron chi connectivity index (χ2n) is 2.77. The maximum absolute atomic E-state index is 12.7. The first-order chi connectivity index (χ1) is 6.63. The lowest BCUT2D eigenvalue weighted by atomic mass is 10.1. The normalized spacial score (nSPS) is 9.21. The number of halogens is 1. The van der Waals surface area contributed by atoms with Gasteiger partial charge in [0.25, 0.3) is 0 Å². The highest BCUT2D eigenvalue weighted by Crippen LogP contribution is 2.09. The molecule has 1 aromatic rings. The van der Waals surface area contributed by atoms with E-state index < -0.39 is 5.97 Å². The maximum Gasteiger partial charge on any atom is 0.339 e. The molecule has 0 fully saturated rings. The van der Waals surface area contributed by atoms with E-state index in [-0.39, 0.29) is 17.8 Å². The molecule has 0 saturated heterocycles. The molecular formula is C11H9FO2. The number of aliphatic carboxylic acids is 1. The van der Waals surface area contributed by atoms with Crippen molar-refractivity contribution in [2.45, 2.75) is 6.42 Å². The molecule has 2 nitrogen and oxygen atoms in total. The molecule has 0 radical (unpaired) electrons. The summed E-state index contributed by atoms with van der Waals surface area (Å²) in [6.07, 6.45) is 0.136. The monoisotopic (exact) mass is 192 g/mol. The fourth-order valence-electron chi connectivity index (χ4n) is 1.06. The summed E-state index contributed by atoms with van der Waals surface area (Å²) in [6, 6.07) is 5.79. The Bertz CT molecular complexity index is 404. The zero-order valence-corrected chi connectivity index (χ0v) is 7.46. The van der Waals surface area contributed by atoms with Crippen molar-refractivity contribution in [1.29, 1.82) is 0 Å². The molecule has 0 unspecified atom stereocenters. The number of benzene rings is 1. The van der Waals surface area contributed by atoms with Gasteiger partial charge in [-0.1, -0.05) is 18.7 Å². The summed E-state index contributed by atoms with van der Waals surface area (Å²) in [4.78, 5) is 10.6. The second kappa shape index (κ2) is 4.40. The number of hydrogen-bond acceptors (Lipinski definition) is 1. The van der Waals surface area contributed by atoms with Crippen LogP contribution in [0.15, 0.2) is 42.1 Å². The van der Waals surface area contributed by atoms with Crippen molar-refractivity contribution in [2.75, 3.05) is 0 Å². The molecular weight excluding hydrogens is 183 g/mol. The van der Waals surface area contributed by atoms with Crippen LogP contribution in [0.25, 0.3) is 0 Å². The fraction of sp³-hybridized carbons (Fsp3) is 0.0909. The molecule has 1 N–H and O–H groups in total. The number of rotatable bonds is 3. The lowest BCUT2D eigenvalue weighted by Gasteiger charge is -1.99. The smallest absolute Gasteiger partial charge is 0.339 e. The summed E-state index contributed by atoms with van der Waals surface area (Å²) in [5, 5.41) is 8.67. The third-order valence-corrected chi connectivity index (χ3v) is 1.74. The van der Waals surface area contributed by atoms with Crippen LogP contribution in [0.4, 0.5) is 4.39 Å². The molecule has 0 atom stereocenters. The predicted octanol–water partition coefficient (Wildman–Crippen LogP) is 2.16. The molecule has 0 aliphatic heterocycles. The average molecular weight is 192 g/mol. The number of carboxylic acids is 1. The van der Waals surface area contributed by atoms with E-state index in [1.165, 1.54) is 18.2 Å². The van der Waals surface area contributed by atoms with Crippen LogP contribution in [-0.2, 0) is 11.2 Å². The van der Waals surface area contributed by atoms with Crippen LogP contribution in [-0.4, -0.2) is 11.1 Å². The number of hydrogen-bond donors (Lipinski definition) is 1. The van der Waals surface area contributed by atoms with Crippen LogP contribution < -0.4 is 0 Å². The van der Waals surface area contributed by atoms with Crippen LogP contribution in [0.1, 0.15) is 5.56 Å². The van der Waals surface area contributed by atoms with Crippen molar-refractivity contribution in [3.05, 3.63) is 53.5 Å². The van der Waals surface area contributed by atoms with Gasteiger partial charge in [0, 0.05) is 6.42 Å². The molecule has 14 heavy (non-hydrogen) atoms. The van der Waals surface area contributed by atoms with E-state index in [4.69, 9.17) is 5.11 Å². The first-order valence-corrected chi connectivity index (χ1v) is 4.00. The second-order valence-corrected chi connectivity index (χ2v) is 2.77. The molecule has 1 rings (SSSR count). The molecule has 0 bridgehead atoms. The zero-order valence-electron chi connectivity index (χ0n) is 7.46. The van der Waals surface area contributed by atoms with Crippen molar-refractivity contribution in [3.8, 4) is 0 Å². The Morgan fingerprint density at radius 1 is 1.57 bits per heavy atom. The van der Waals surface area contributed by atoms with E-state index in [1.54, 1.807) is 6.07 Å². The SMILES string of the molecule is C=C=C(Cc1cccc(F)c1)C(=O)O. The Kier molecular flexibility index (Phi) is 3.21. The molecule has 72 valence electrons. The quantitative estimate of drug-likeness (QED) is 0.588. The minimum absolute atomic E-state index is 0.0376. The van der Waals surface area contributed by atoms with Crippen LogP contribution in [0, 0.1) is 5.82 Å². The van der Waals surface area contributed by atoms with Crippen LogP contribution in [0.3, 0.4) is 0 Å². The summed E-state index contributed by atoms with van der Waals surface area (Å²) in [7, 11) is 0. The summed E-state index contributed by atoms with van der Waals surface area (Å²) >= 11 is 0. The molecule has 0 aliphatic carbocycles. The summed E-state index contributed by atoms with van der Waals surface area (Å²) in [5.74, 6) is -1.46. The summed E-state index contributed by atoms with van der Waals surface area (Å²) in [5.41, 5.74) is 2.95. The topological polar surface area (TPSA) is 37.3 Å². The van der Waals surface area contributed by atoms with Crippen molar-refractivity contribution in [1.82, 2.24) is 0 Å². The largest absolute Gasteiger partial charge is 0.477 e. The Morgan fingerprint density at radius 2 is 2.29 bits per heavy atom. The van der Waals surface area contributed by atoms with Gasteiger partial charge in [-0.2, -0.15) is 0 Å². The van der Waals surface area contributed by atoms with Gasteiger partial charge in [-0.3, -0.25) is 0 Å². The predicted molar refractivity (Wildman–Crippen MR) is 50.4 cm³/mol. The van der Waals surface area contributed by atoms with Gasteiger partial charge in [-0.25, -0.2) is 9.18 Å². The van der Waals surface area contributed by atoms with Crippen LogP contribution in [0.5, 0.6) is 0 Å².